The van der Waals surface area contributed by atoms with E-state index in [9.17, 15) is 10.2 Å². The smallest absolute Gasteiger partial charge is 0.197 e. The van der Waals surface area contributed by atoms with Crippen LogP contribution in [-0.4, -0.2) is 20.2 Å². The van der Waals surface area contributed by atoms with Crippen LogP contribution in [0.4, 0.5) is 17.3 Å². The van der Waals surface area contributed by atoms with Crippen LogP contribution in [0.1, 0.15) is 42.7 Å². The fraction of sp³-hybridized carbons (Fsp3) is 0.333. The second-order valence-electron chi connectivity index (χ2n) is 6.45. The summed E-state index contributed by atoms with van der Waals surface area (Å²) in [5.74, 6) is 1.48. The van der Waals surface area contributed by atoms with Crippen LogP contribution in [-0.2, 0) is 0 Å². The molecule has 2 aliphatic rings. The molecule has 2 heterocycles. The van der Waals surface area contributed by atoms with Crippen LogP contribution in [0.2, 0.25) is 0 Å². The highest BCUT2D eigenvalue weighted by atomic mass is 16.3. The molecule has 1 unspecified atom stereocenters. The topological polar surface area (TPSA) is 95.5 Å². The second-order valence-corrected chi connectivity index (χ2v) is 6.45. The van der Waals surface area contributed by atoms with Gasteiger partial charge in [-0.05, 0) is 43.4 Å². The Labute approximate surface area is 140 Å². The Kier molecular flexibility index (Phi) is 3.33. The molecule has 6 heteroatoms. The summed E-state index contributed by atoms with van der Waals surface area (Å²) >= 11 is 0. The van der Waals surface area contributed by atoms with Crippen molar-refractivity contribution in [2.45, 2.75) is 38.5 Å². The summed E-state index contributed by atoms with van der Waals surface area (Å²) in [7, 11) is 0. The minimum absolute atomic E-state index is 0.0730. The van der Waals surface area contributed by atoms with Crippen LogP contribution in [0, 0.1) is 6.92 Å². The zero-order chi connectivity index (χ0) is 16.8. The predicted octanol–water partition coefficient (Wildman–Crippen LogP) is 3.65. The molecule has 0 spiro atoms. The molecule has 1 fully saturated rings. The van der Waals surface area contributed by atoms with E-state index < -0.39 is 0 Å². The van der Waals surface area contributed by atoms with Gasteiger partial charge >= 0.3 is 0 Å². The van der Waals surface area contributed by atoms with Crippen molar-refractivity contribution in [3.63, 3.8) is 0 Å². The van der Waals surface area contributed by atoms with Gasteiger partial charge in [-0.2, -0.15) is 0 Å². The van der Waals surface area contributed by atoms with Gasteiger partial charge in [0.1, 0.15) is 23.7 Å². The van der Waals surface area contributed by atoms with Crippen LogP contribution in [0.25, 0.3) is 0 Å². The summed E-state index contributed by atoms with van der Waals surface area (Å²) in [5.41, 5.74) is 9.66. The Morgan fingerprint density at radius 1 is 1.21 bits per heavy atom. The van der Waals surface area contributed by atoms with Crippen LogP contribution < -0.4 is 10.6 Å². The van der Waals surface area contributed by atoms with Gasteiger partial charge in [0.05, 0.1) is 5.69 Å². The molecule has 1 aromatic heterocycles. The Hall–Kier alpha value is -2.76. The van der Waals surface area contributed by atoms with Crippen molar-refractivity contribution in [1.29, 1.82) is 0 Å². The average Bonchev–Trinajstić information content (AvgIpc) is 2.58. The van der Waals surface area contributed by atoms with Gasteiger partial charge in [0, 0.05) is 17.5 Å². The molecule has 4 rings (SSSR count). The molecule has 0 amide bonds. The summed E-state index contributed by atoms with van der Waals surface area (Å²) < 4.78 is 0. The highest BCUT2D eigenvalue weighted by Crippen LogP contribution is 2.50. The average molecular weight is 324 g/mol. The molecule has 0 bridgehead atoms. The number of nitrogen functional groups attached to an aromatic ring is 1. The van der Waals surface area contributed by atoms with Crippen molar-refractivity contribution in [1.82, 2.24) is 9.97 Å². The van der Waals surface area contributed by atoms with Gasteiger partial charge in [-0.25, -0.2) is 9.97 Å². The summed E-state index contributed by atoms with van der Waals surface area (Å²) in [4.78, 5) is 10.3. The fourth-order valence-corrected chi connectivity index (χ4v) is 3.82. The summed E-state index contributed by atoms with van der Waals surface area (Å²) in [6, 6.07) is 5.09. The van der Waals surface area contributed by atoms with E-state index in [1.807, 2.05) is 13.0 Å². The Balaban J connectivity index is 1.99. The molecule has 1 aromatic carbocycles. The van der Waals surface area contributed by atoms with E-state index >= 15 is 0 Å². The number of allylic oxidation sites excluding steroid dienone is 1. The molecule has 1 aliphatic carbocycles. The monoisotopic (exact) mass is 324 g/mol. The lowest BCUT2D eigenvalue weighted by molar-refractivity contribution is 0.366. The normalized spacial score (nSPS) is 19.9. The molecule has 0 saturated heterocycles. The molecule has 24 heavy (non-hydrogen) atoms. The summed E-state index contributed by atoms with van der Waals surface area (Å²) in [5, 5.41) is 20.9. The van der Waals surface area contributed by atoms with Crippen LogP contribution >= 0.6 is 0 Å². The van der Waals surface area contributed by atoms with Gasteiger partial charge in [-0.15, -0.1) is 0 Å². The van der Waals surface area contributed by atoms with E-state index in [0.29, 0.717) is 17.3 Å². The Morgan fingerprint density at radius 3 is 2.88 bits per heavy atom. The number of phenolic OH excluding ortho intramolecular Hbond substituents is 1. The van der Waals surface area contributed by atoms with E-state index in [1.165, 1.54) is 6.33 Å². The van der Waals surface area contributed by atoms with Crippen LogP contribution in [0.3, 0.4) is 0 Å². The van der Waals surface area contributed by atoms with Crippen molar-refractivity contribution < 1.29 is 10.2 Å². The minimum Gasteiger partial charge on any atom is -0.508 e. The molecule has 1 saturated carbocycles. The number of aromatic nitrogens is 2. The third-order valence-electron chi connectivity index (χ3n) is 5.00. The van der Waals surface area contributed by atoms with Crippen molar-refractivity contribution in [2.75, 3.05) is 10.6 Å². The number of hydrogen-bond acceptors (Lipinski definition) is 6. The SMILES string of the molecule is Cc1ccc(O)cc1N1C(O)=C2CCCCC2c2c(N)ncnc21. The molecule has 1 atom stereocenters. The van der Waals surface area contributed by atoms with Gasteiger partial charge in [0.2, 0.25) is 0 Å². The summed E-state index contributed by atoms with van der Waals surface area (Å²) in [6.45, 7) is 1.93. The van der Waals surface area contributed by atoms with E-state index in [-0.39, 0.29) is 17.6 Å². The van der Waals surface area contributed by atoms with Gasteiger partial charge in [-0.1, -0.05) is 12.5 Å². The molecule has 0 radical (unpaired) electrons. The maximum atomic E-state index is 11.0. The second kappa shape index (κ2) is 5.40. The predicted molar refractivity (Wildman–Crippen MR) is 92.3 cm³/mol. The lowest BCUT2D eigenvalue weighted by atomic mass is 9.78. The van der Waals surface area contributed by atoms with Gasteiger partial charge < -0.3 is 15.9 Å². The van der Waals surface area contributed by atoms with Crippen LogP contribution in [0.15, 0.2) is 36.0 Å². The van der Waals surface area contributed by atoms with Crippen LogP contribution in [0.5, 0.6) is 5.75 Å². The number of aryl methyl sites for hydroxylation is 1. The maximum absolute atomic E-state index is 11.0. The standard InChI is InChI=1S/C18H20N4O2/c1-10-6-7-11(23)8-14(10)22-17-15(16(19)20-9-21-17)12-4-2-3-5-13(12)18(22)24/h6-9,12,23-24H,2-5H2,1H3,(H2,19,20,21). The van der Waals surface area contributed by atoms with Gasteiger partial charge in [-0.3, -0.25) is 4.90 Å². The van der Waals surface area contributed by atoms with Crippen molar-refractivity contribution in [3.8, 4) is 5.75 Å². The molecule has 6 nitrogen and oxygen atoms in total. The van der Waals surface area contributed by atoms with Gasteiger partial charge in [0.25, 0.3) is 0 Å². The lowest BCUT2D eigenvalue weighted by Crippen LogP contribution is -2.30. The number of nitrogens with two attached hydrogens (primary N) is 1. The highest BCUT2D eigenvalue weighted by Gasteiger charge is 2.38. The number of phenols is 1. The van der Waals surface area contributed by atoms with E-state index in [2.05, 4.69) is 9.97 Å². The van der Waals surface area contributed by atoms with Crippen molar-refractivity contribution in [3.05, 3.63) is 47.1 Å². The third-order valence-corrected chi connectivity index (χ3v) is 5.00. The molecule has 4 N–H and O–H groups in total. The number of benzene rings is 1. The van der Waals surface area contributed by atoms with E-state index in [1.54, 1.807) is 17.0 Å². The van der Waals surface area contributed by atoms with E-state index in [0.717, 1.165) is 42.4 Å². The first-order valence-corrected chi connectivity index (χ1v) is 8.20. The minimum atomic E-state index is 0.0730. The number of hydrogen-bond donors (Lipinski definition) is 3. The fourth-order valence-electron chi connectivity index (χ4n) is 3.82. The van der Waals surface area contributed by atoms with Crippen molar-refractivity contribution >= 4 is 17.3 Å². The largest absolute Gasteiger partial charge is 0.508 e. The number of aliphatic hydroxyl groups excluding tert-OH is 1. The molecular weight excluding hydrogens is 304 g/mol. The number of aromatic hydroxyl groups is 1. The molecule has 1 aliphatic heterocycles. The molecule has 2 aromatic rings. The molecule has 124 valence electrons. The zero-order valence-electron chi connectivity index (χ0n) is 13.5. The third kappa shape index (κ3) is 2.10. The molecular formula is C18H20N4O2. The lowest BCUT2D eigenvalue weighted by Gasteiger charge is -2.38. The number of aliphatic hydroxyl groups is 1. The summed E-state index contributed by atoms with van der Waals surface area (Å²) in [6.07, 6.45) is 5.34. The number of nitrogens with zero attached hydrogens (tertiary/aromatic N) is 3. The number of anilines is 3. The Morgan fingerprint density at radius 2 is 2.04 bits per heavy atom. The maximum Gasteiger partial charge on any atom is 0.197 e. The number of rotatable bonds is 1. The van der Waals surface area contributed by atoms with Crippen molar-refractivity contribution in [2.24, 2.45) is 0 Å². The quantitative estimate of drug-likeness (QED) is 0.741. The zero-order valence-corrected chi connectivity index (χ0v) is 13.5. The highest BCUT2D eigenvalue weighted by molar-refractivity contribution is 5.77. The van der Waals surface area contributed by atoms with E-state index in [4.69, 9.17) is 5.73 Å². The first-order chi connectivity index (χ1) is 11.6. The first kappa shape index (κ1) is 14.8. The Bertz CT molecular complexity index is 847. The van der Waals surface area contributed by atoms with Gasteiger partial charge in [0.15, 0.2) is 5.88 Å². The first-order valence-electron chi connectivity index (χ1n) is 8.20. The number of fused-ring (bicyclic) bond motifs is 3.